The molecule has 11 nitrogen and oxygen atoms in total. The van der Waals surface area contributed by atoms with Gasteiger partial charge in [-0.1, -0.05) is 0 Å². The minimum absolute atomic E-state index is 0.0336. The van der Waals surface area contributed by atoms with Crippen LogP contribution in [0.25, 0.3) is 0 Å². The summed E-state index contributed by atoms with van der Waals surface area (Å²) in [7, 11) is 0. The molecule has 0 saturated carbocycles. The molecule has 2 aromatic rings. The number of aliphatic hydroxyl groups excluding tert-OH is 1. The molecular formula is C19H26N6O5. The van der Waals surface area contributed by atoms with Gasteiger partial charge in [0, 0.05) is 49.9 Å². The van der Waals surface area contributed by atoms with E-state index in [2.05, 4.69) is 15.1 Å². The number of carbonyl (C=O) groups excluding carboxylic acids is 2. The number of rotatable bonds is 4. The number of aryl methyl sites for hydroxylation is 2. The molecule has 11 heteroatoms. The van der Waals surface area contributed by atoms with Gasteiger partial charge in [0.2, 0.25) is 5.91 Å². The number of aromatic amines is 1. The Morgan fingerprint density at radius 2 is 1.97 bits per heavy atom. The first-order valence-corrected chi connectivity index (χ1v) is 9.60. The maximum atomic E-state index is 12.7. The number of H-pyrrole nitrogens is 1. The van der Waals surface area contributed by atoms with Crippen LogP contribution in [-0.4, -0.2) is 90.8 Å². The van der Waals surface area contributed by atoms with E-state index in [0.717, 1.165) is 0 Å². The highest BCUT2D eigenvalue weighted by atomic mass is 16.3. The average molecular weight is 418 g/mol. The second-order valence-corrected chi connectivity index (χ2v) is 7.75. The Morgan fingerprint density at radius 3 is 2.50 bits per heavy atom. The fourth-order valence-corrected chi connectivity index (χ4v) is 4.33. The molecule has 0 spiro atoms. The highest BCUT2D eigenvalue weighted by molar-refractivity contribution is 5.94. The summed E-state index contributed by atoms with van der Waals surface area (Å²) >= 11 is 0. The lowest BCUT2D eigenvalue weighted by Crippen LogP contribution is -2.41. The van der Waals surface area contributed by atoms with Crippen molar-refractivity contribution in [2.75, 3.05) is 32.8 Å². The van der Waals surface area contributed by atoms with Crippen LogP contribution in [0.3, 0.4) is 0 Å². The normalized spacial score (nSPS) is 22.4. The number of likely N-dealkylation sites (tertiary alicyclic amines) is 2. The van der Waals surface area contributed by atoms with Gasteiger partial charge in [-0.25, -0.2) is 9.67 Å². The van der Waals surface area contributed by atoms with Gasteiger partial charge in [-0.2, -0.15) is 5.10 Å². The predicted molar refractivity (Wildman–Crippen MR) is 104 cm³/mol. The van der Waals surface area contributed by atoms with E-state index in [-0.39, 0.29) is 37.4 Å². The minimum Gasteiger partial charge on any atom is -0.483 e. The van der Waals surface area contributed by atoms with Crippen molar-refractivity contribution in [2.45, 2.75) is 20.4 Å². The topological polar surface area (TPSA) is 145 Å². The molecule has 0 unspecified atom stereocenters. The maximum absolute atomic E-state index is 12.7. The molecule has 0 bridgehead atoms. The molecule has 2 aliphatic heterocycles. The first-order valence-electron chi connectivity index (χ1n) is 9.60. The van der Waals surface area contributed by atoms with Crippen molar-refractivity contribution in [1.82, 2.24) is 29.5 Å². The fourth-order valence-electron chi connectivity index (χ4n) is 4.33. The molecule has 2 atom stereocenters. The van der Waals surface area contributed by atoms with Crippen molar-refractivity contribution in [3.63, 3.8) is 0 Å². The van der Waals surface area contributed by atoms with Gasteiger partial charge in [0.25, 0.3) is 12.4 Å². The van der Waals surface area contributed by atoms with E-state index < -0.39 is 5.41 Å². The molecule has 2 aromatic heterocycles. The number of hydrogen-bond donors (Lipinski definition) is 3. The summed E-state index contributed by atoms with van der Waals surface area (Å²) in [6.07, 6.45) is 3.40. The lowest BCUT2D eigenvalue weighted by atomic mass is 9.82. The van der Waals surface area contributed by atoms with Crippen LogP contribution < -0.4 is 0 Å². The van der Waals surface area contributed by atoms with Crippen LogP contribution in [0, 0.1) is 25.2 Å². The van der Waals surface area contributed by atoms with Gasteiger partial charge >= 0.3 is 0 Å². The molecular weight excluding hydrogens is 392 g/mol. The summed E-state index contributed by atoms with van der Waals surface area (Å²) in [5, 5.41) is 21.2. The number of fused-ring (bicyclic) bond motifs is 1. The van der Waals surface area contributed by atoms with Crippen LogP contribution in [-0.2, 0) is 16.1 Å². The molecule has 30 heavy (non-hydrogen) atoms. The van der Waals surface area contributed by atoms with E-state index in [1.807, 2.05) is 6.92 Å². The Morgan fingerprint density at radius 1 is 1.30 bits per heavy atom. The van der Waals surface area contributed by atoms with E-state index in [9.17, 15) is 14.7 Å². The molecule has 0 aromatic carbocycles. The number of nitrogens with zero attached hydrogens (tertiary/aromatic N) is 5. The van der Waals surface area contributed by atoms with Crippen molar-refractivity contribution in [2.24, 2.45) is 11.3 Å². The highest BCUT2D eigenvalue weighted by Gasteiger charge is 2.54. The van der Waals surface area contributed by atoms with Gasteiger partial charge in [-0.15, -0.1) is 0 Å². The zero-order valence-corrected chi connectivity index (χ0v) is 17.0. The summed E-state index contributed by atoms with van der Waals surface area (Å²) in [5.41, 5.74) is 0.169. The SMILES string of the molecule is Cc1nc(C)n(CC(=O)N2C[C@H]3CN(C(=O)c4cc[nH]c4)C[C@@]3(CO)C2)n1.O=CO. The fraction of sp³-hybridized carbons (Fsp3) is 0.526. The largest absolute Gasteiger partial charge is 0.483 e. The molecule has 2 fully saturated rings. The number of carbonyl (C=O) groups is 3. The Balaban J connectivity index is 0.000000806. The predicted octanol–water partition coefficient (Wildman–Crippen LogP) is -0.483. The Labute approximate surface area is 173 Å². The van der Waals surface area contributed by atoms with E-state index >= 15 is 0 Å². The maximum Gasteiger partial charge on any atom is 0.290 e. The molecule has 4 heterocycles. The third-order valence-electron chi connectivity index (χ3n) is 5.81. The molecule has 2 amide bonds. The highest BCUT2D eigenvalue weighted by Crippen LogP contribution is 2.42. The quantitative estimate of drug-likeness (QED) is 0.569. The van der Waals surface area contributed by atoms with Gasteiger partial charge in [-0.05, 0) is 19.9 Å². The number of amides is 2. The van der Waals surface area contributed by atoms with E-state index in [1.165, 1.54) is 0 Å². The van der Waals surface area contributed by atoms with Gasteiger partial charge in [0.1, 0.15) is 18.2 Å². The zero-order valence-electron chi connectivity index (χ0n) is 17.0. The van der Waals surface area contributed by atoms with Crippen LogP contribution in [0.2, 0.25) is 0 Å². The summed E-state index contributed by atoms with van der Waals surface area (Å²) in [6, 6.07) is 1.75. The van der Waals surface area contributed by atoms with Crippen LogP contribution >= 0.6 is 0 Å². The Kier molecular flexibility index (Phi) is 6.20. The monoisotopic (exact) mass is 418 g/mol. The second-order valence-electron chi connectivity index (χ2n) is 7.75. The molecule has 2 saturated heterocycles. The van der Waals surface area contributed by atoms with Crippen LogP contribution in [0.5, 0.6) is 0 Å². The van der Waals surface area contributed by atoms with Gasteiger partial charge in [-0.3, -0.25) is 14.4 Å². The van der Waals surface area contributed by atoms with Crippen molar-refractivity contribution in [3.8, 4) is 0 Å². The lowest BCUT2D eigenvalue weighted by Gasteiger charge is -2.27. The molecule has 2 aliphatic rings. The van der Waals surface area contributed by atoms with Crippen molar-refractivity contribution in [1.29, 1.82) is 0 Å². The van der Waals surface area contributed by atoms with Crippen molar-refractivity contribution in [3.05, 3.63) is 35.7 Å². The Bertz CT molecular complexity index is 911. The minimum atomic E-state index is -0.449. The van der Waals surface area contributed by atoms with E-state index in [4.69, 9.17) is 9.90 Å². The number of aromatic nitrogens is 4. The van der Waals surface area contributed by atoms with Crippen molar-refractivity contribution >= 4 is 18.3 Å². The number of nitrogens with one attached hydrogen (secondary N) is 1. The first kappa shape index (κ1) is 21.5. The molecule has 4 rings (SSSR count). The molecule has 0 radical (unpaired) electrons. The molecule has 162 valence electrons. The summed E-state index contributed by atoms with van der Waals surface area (Å²) in [6.45, 7) is 5.49. The lowest BCUT2D eigenvalue weighted by molar-refractivity contribution is -0.131. The standard InChI is InChI=1S/C18H24N6O3.CH2O2/c1-12-20-13(2)24(21-12)8-16(26)22-6-15-7-23(10-18(15,9-22)11-25)17(27)14-3-4-19-5-14;2-1-3/h3-5,15,19,25H,6-11H2,1-2H3;1H,(H,2,3)/t15-,18+;/m0./s1. The van der Waals surface area contributed by atoms with Crippen LogP contribution in [0.1, 0.15) is 22.0 Å². The number of hydrogen-bond acceptors (Lipinski definition) is 6. The van der Waals surface area contributed by atoms with Crippen LogP contribution in [0.4, 0.5) is 0 Å². The third kappa shape index (κ3) is 4.06. The van der Waals surface area contributed by atoms with Gasteiger partial charge < -0.3 is 25.0 Å². The van der Waals surface area contributed by atoms with E-state index in [1.54, 1.807) is 39.9 Å². The summed E-state index contributed by atoms with van der Waals surface area (Å²) < 4.78 is 1.61. The number of carboxylic acid groups (broad SMARTS) is 1. The smallest absolute Gasteiger partial charge is 0.290 e. The summed E-state index contributed by atoms with van der Waals surface area (Å²) in [4.78, 5) is 44.4. The van der Waals surface area contributed by atoms with Gasteiger partial charge in [0.05, 0.1) is 12.2 Å². The molecule has 3 N–H and O–H groups in total. The first-order chi connectivity index (χ1) is 14.3. The van der Waals surface area contributed by atoms with E-state index in [0.29, 0.717) is 43.4 Å². The average Bonchev–Trinajstić information content (AvgIpc) is 3.45. The van der Waals surface area contributed by atoms with Crippen molar-refractivity contribution < 1.29 is 24.6 Å². The van der Waals surface area contributed by atoms with Crippen LogP contribution in [0.15, 0.2) is 18.5 Å². The molecule has 0 aliphatic carbocycles. The zero-order chi connectivity index (χ0) is 21.9. The Hall–Kier alpha value is -3.21. The van der Waals surface area contributed by atoms with Gasteiger partial charge in [0.15, 0.2) is 0 Å². The summed E-state index contributed by atoms with van der Waals surface area (Å²) in [5.74, 6) is 1.36. The number of aliphatic hydroxyl groups is 1. The second kappa shape index (κ2) is 8.66. The third-order valence-corrected chi connectivity index (χ3v) is 5.81.